The summed E-state index contributed by atoms with van der Waals surface area (Å²) in [5.74, 6) is -3.76. The first kappa shape index (κ1) is 16.1. The van der Waals surface area contributed by atoms with E-state index in [0.717, 1.165) is 10.8 Å². The van der Waals surface area contributed by atoms with Crippen molar-refractivity contribution < 1.29 is 22.7 Å². The van der Waals surface area contributed by atoms with E-state index in [9.17, 15) is 22.8 Å². The van der Waals surface area contributed by atoms with Crippen LogP contribution in [0.1, 0.15) is 35.3 Å². The number of halogens is 3. The number of carbonyl (C=O) groups is 1. The lowest BCUT2D eigenvalue weighted by Crippen LogP contribution is -2.22. The maximum absolute atomic E-state index is 13.9. The molecule has 124 valence electrons. The minimum atomic E-state index is -1.42. The number of aromatic nitrogens is 1. The predicted octanol–water partition coefficient (Wildman–Crippen LogP) is 2.61. The van der Waals surface area contributed by atoms with Crippen molar-refractivity contribution in [2.45, 2.75) is 25.6 Å². The van der Waals surface area contributed by atoms with E-state index in [0.29, 0.717) is 6.07 Å². The fourth-order valence-electron chi connectivity index (χ4n) is 2.62. The summed E-state index contributed by atoms with van der Waals surface area (Å²) in [6, 6.07) is 1.37. The van der Waals surface area contributed by atoms with Gasteiger partial charge in [0.2, 0.25) is 5.43 Å². The molecule has 0 saturated heterocycles. The van der Waals surface area contributed by atoms with Crippen molar-refractivity contribution in [2.75, 3.05) is 6.61 Å². The van der Waals surface area contributed by atoms with Gasteiger partial charge in [0.25, 0.3) is 0 Å². The Hall–Kier alpha value is -2.82. The van der Waals surface area contributed by atoms with Crippen LogP contribution in [0.3, 0.4) is 0 Å². The molecule has 1 fully saturated rings. The summed E-state index contributed by atoms with van der Waals surface area (Å²) in [6.07, 6.45) is -0.125. The van der Waals surface area contributed by atoms with E-state index >= 15 is 0 Å². The third-order valence-electron chi connectivity index (χ3n) is 3.85. The fraction of sp³-hybridized carbons (Fsp3) is 0.312. The van der Waals surface area contributed by atoms with E-state index < -0.39 is 46.4 Å². The van der Waals surface area contributed by atoms with Crippen molar-refractivity contribution >= 4 is 16.9 Å². The van der Waals surface area contributed by atoms with Crippen LogP contribution in [0.15, 0.2) is 17.1 Å². The van der Waals surface area contributed by atoms with Gasteiger partial charge in [-0.25, -0.2) is 18.0 Å². The van der Waals surface area contributed by atoms with Crippen LogP contribution in [0, 0.1) is 23.0 Å². The van der Waals surface area contributed by atoms with Gasteiger partial charge in [0.15, 0.2) is 11.6 Å². The van der Waals surface area contributed by atoms with Crippen LogP contribution in [0.25, 0.3) is 10.9 Å². The molecule has 1 unspecified atom stereocenters. The van der Waals surface area contributed by atoms with Gasteiger partial charge in [-0.15, -0.1) is 0 Å². The second kappa shape index (κ2) is 5.67. The molecule has 0 spiro atoms. The number of fused-ring (bicyclic) bond motifs is 1. The Balaban J connectivity index is 2.43. The highest BCUT2D eigenvalue weighted by Crippen LogP contribution is 2.41. The molecule has 24 heavy (non-hydrogen) atoms. The topological polar surface area (TPSA) is 72.1 Å². The molecule has 5 nitrogen and oxygen atoms in total. The number of hydrogen-bond acceptors (Lipinski definition) is 4. The van der Waals surface area contributed by atoms with E-state index in [4.69, 9.17) is 10.00 Å². The summed E-state index contributed by atoms with van der Waals surface area (Å²) >= 11 is 0. The lowest BCUT2D eigenvalue weighted by molar-refractivity contribution is 0.0524. The summed E-state index contributed by atoms with van der Waals surface area (Å²) in [7, 11) is 0. The van der Waals surface area contributed by atoms with E-state index in [1.165, 1.54) is 6.07 Å². The van der Waals surface area contributed by atoms with Gasteiger partial charge in [0, 0.05) is 12.6 Å². The minimum Gasteiger partial charge on any atom is -0.462 e. The van der Waals surface area contributed by atoms with Crippen LogP contribution in [0.4, 0.5) is 13.2 Å². The zero-order valence-electron chi connectivity index (χ0n) is 12.5. The molecule has 1 aromatic heterocycles. The molecule has 0 bridgehead atoms. The van der Waals surface area contributed by atoms with Gasteiger partial charge in [-0.3, -0.25) is 4.79 Å². The number of ether oxygens (including phenoxy) is 1. The Morgan fingerprint density at radius 1 is 1.50 bits per heavy atom. The van der Waals surface area contributed by atoms with Gasteiger partial charge < -0.3 is 9.30 Å². The van der Waals surface area contributed by atoms with Crippen LogP contribution >= 0.6 is 0 Å². The normalized spacial score (nSPS) is 19.1. The number of pyridine rings is 1. The lowest BCUT2D eigenvalue weighted by atomic mass is 10.1. The molecule has 1 aliphatic rings. The molecule has 1 aromatic carbocycles. The van der Waals surface area contributed by atoms with E-state index in [2.05, 4.69) is 0 Å². The van der Waals surface area contributed by atoms with Crippen molar-refractivity contribution in [1.29, 1.82) is 5.26 Å². The quantitative estimate of drug-likeness (QED) is 0.808. The molecule has 1 heterocycles. The number of carbonyl (C=O) groups excluding carboxylic acids is 1. The van der Waals surface area contributed by atoms with Crippen LogP contribution in [-0.4, -0.2) is 23.3 Å². The lowest BCUT2D eigenvalue weighted by Gasteiger charge is -2.14. The van der Waals surface area contributed by atoms with E-state index in [1.54, 1.807) is 6.92 Å². The molecule has 8 heteroatoms. The number of esters is 1. The molecule has 3 rings (SSSR count). The number of nitrogens with zero attached hydrogens (tertiary/aromatic N) is 2. The number of alkyl halides is 1. The highest BCUT2D eigenvalue weighted by atomic mass is 19.2. The Morgan fingerprint density at radius 2 is 2.17 bits per heavy atom. The first-order valence-electron chi connectivity index (χ1n) is 7.18. The number of nitriles is 1. The van der Waals surface area contributed by atoms with Crippen molar-refractivity contribution in [2.24, 2.45) is 0 Å². The highest BCUT2D eigenvalue weighted by Gasteiger charge is 2.41. The Kier molecular flexibility index (Phi) is 3.79. The summed E-state index contributed by atoms with van der Waals surface area (Å²) in [6.45, 7) is 1.55. The van der Waals surface area contributed by atoms with Crippen molar-refractivity contribution in [1.82, 2.24) is 4.57 Å². The van der Waals surface area contributed by atoms with Gasteiger partial charge >= 0.3 is 5.97 Å². The average Bonchev–Trinajstić information content (AvgIpc) is 3.26. The zero-order chi connectivity index (χ0) is 17.6. The third kappa shape index (κ3) is 2.33. The molecule has 0 amide bonds. The Labute approximate surface area is 133 Å². The van der Waals surface area contributed by atoms with Crippen LogP contribution in [0.2, 0.25) is 0 Å². The highest BCUT2D eigenvalue weighted by molar-refractivity contribution is 5.95. The molecular formula is C16H11F3N2O3. The molecule has 1 saturated carbocycles. The Morgan fingerprint density at radius 3 is 2.71 bits per heavy atom. The largest absolute Gasteiger partial charge is 0.462 e. The summed E-state index contributed by atoms with van der Waals surface area (Å²) in [5.41, 5.74) is -2.24. The predicted molar refractivity (Wildman–Crippen MR) is 77.3 cm³/mol. The van der Waals surface area contributed by atoms with Gasteiger partial charge in [0.1, 0.15) is 23.4 Å². The maximum Gasteiger partial charge on any atom is 0.343 e. The van der Waals surface area contributed by atoms with Gasteiger partial charge in [0.05, 0.1) is 23.6 Å². The van der Waals surface area contributed by atoms with Gasteiger partial charge in [-0.2, -0.15) is 5.26 Å². The molecule has 1 aliphatic carbocycles. The van der Waals surface area contributed by atoms with Crippen molar-refractivity contribution in [3.05, 3.63) is 45.2 Å². The monoisotopic (exact) mass is 336 g/mol. The summed E-state index contributed by atoms with van der Waals surface area (Å²) in [4.78, 5) is 24.4. The fourth-order valence-corrected chi connectivity index (χ4v) is 2.62. The van der Waals surface area contributed by atoms with Crippen LogP contribution in [0.5, 0.6) is 0 Å². The molecule has 0 N–H and O–H groups in total. The van der Waals surface area contributed by atoms with Crippen molar-refractivity contribution in [3.63, 3.8) is 0 Å². The zero-order valence-corrected chi connectivity index (χ0v) is 12.5. The molecule has 0 radical (unpaired) electrons. The van der Waals surface area contributed by atoms with E-state index in [1.807, 2.05) is 0 Å². The SMILES string of the molecule is CCOC(=O)c1cn([C@@H]2CC2F)c2c(C#N)c(F)c(F)cc2c1=O. The molecular weight excluding hydrogens is 325 g/mol. The number of benzene rings is 1. The first-order valence-corrected chi connectivity index (χ1v) is 7.18. The maximum atomic E-state index is 13.9. The molecule has 2 atom stereocenters. The summed E-state index contributed by atoms with van der Waals surface area (Å²) in [5, 5.41) is 8.76. The average molecular weight is 336 g/mol. The minimum absolute atomic E-state index is 0.00665. The van der Waals surface area contributed by atoms with Gasteiger partial charge in [-0.05, 0) is 13.0 Å². The first-order chi connectivity index (χ1) is 11.4. The van der Waals surface area contributed by atoms with E-state index in [-0.39, 0.29) is 23.9 Å². The number of hydrogen-bond donors (Lipinski definition) is 0. The van der Waals surface area contributed by atoms with Crippen molar-refractivity contribution in [3.8, 4) is 6.07 Å². The number of rotatable bonds is 3. The van der Waals surface area contributed by atoms with Crippen LogP contribution < -0.4 is 5.43 Å². The van der Waals surface area contributed by atoms with Crippen LogP contribution in [-0.2, 0) is 4.74 Å². The third-order valence-corrected chi connectivity index (χ3v) is 3.85. The van der Waals surface area contributed by atoms with Gasteiger partial charge in [-0.1, -0.05) is 0 Å². The second-order valence-electron chi connectivity index (χ2n) is 5.37. The molecule has 2 aromatic rings. The summed E-state index contributed by atoms with van der Waals surface area (Å²) < 4.78 is 47.1. The molecule has 0 aliphatic heterocycles. The smallest absolute Gasteiger partial charge is 0.343 e. The Bertz CT molecular complexity index is 962. The second-order valence-corrected chi connectivity index (χ2v) is 5.37. The standard InChI is InChI=1S/C16H11F3N2O3/c1-2-24-16(23)9-6-21(12-4-10(12)17)14-7(15(9)22)3-11(18)13(19)8(14)5-20/h3,6,10,12H,2,4H2,1H3/t10?,12-/m1/s1.